The maximum atomic E-state index is 9.91. The van der Waals surface area contributed by atoms with E-state index in [-0.39, 0.29) is 0 Å². The van der Waals surface area contributed by atoms with Crippen molar-refractivity contribution >= 4 is 0 Å². The first-order chi connectivity index (χ1) is 7.33. The second kappa shape index (κ2) is 5.05. The summed E-state index contributed by atoms with van der Waals surface area (Å²) in [6.45, 7) is 7.32. The van der Waals surface area contributed by atoms with Crippen molar-refractivity contribution in [2.75, 3.05) is 0 Å². The minimum atomic E-state index is -0.849. The molecule has 0 aliphatic heterocycles. The zero-order chi connectivity index (χ0) is 12.2. The van der Waals surface area contributed by atoms with Crippen molar-refractivity contribution in [2.24, 2.45) is 0 Å². The summed E-state index contributed by atoms with van der Waals surface area (Å²) in [6.07, 6.45) is 10.9. The molecule has 0 heterocycles. The van der Waals surface area contributed by atoms with Gasteiger partial charge >= 0.3 is 0 Å². The molecule has 1 rings (SSSR count). The Kier molecular flexibility index (Phi) is 4.20. The first kappa shape index (κ1) is 13.3. The first-order valence-corrected chi connectivity index (χ1v) is 6.09. The van der Waals surface area contributed by atoms with Gasteiger partial charge in [0, 0.05) is 0 Å². The Balaban J connectivity index is 2.50. The standard InChI is InChI=1S/C14H24O2/c1-13(2,15)14(3,4)16-11-10-12-8-6-5-7-9-12/h8,10-11,15H,5-7,9H2,1-4H3/b11-10+. The Hall–Kier alpha value is -0.760. The molecular weight excluding hydrogens is 200 g/mol. The van der Waals surface area contributed by atoms with Crippen LogP contribution in [0.15, 0.2) is 24.0 Å². The van der Waals surface area contributed by atoms with Gasteiger partial charge in [0.1, 0.15) is 5.60 Å². The molecule has 0 bridgehead atoms. The van der Waals surface area contributed by atoms with Gasteiger partial charge in [0.25, 0.3) is 0 Å². The summed E-state index contributed by atoms with van der Waals surface area (Å²) in [4.78, 5) is 0. The van der Waals surface area contributed by atoms with E-state index in [1.165, 1.54) is 24.8 Å². The third-order valence-electron chi connectivity index (χ3n) is 3.44. The predicted octanol–water partition coefficient (Wildman–Crippen LogP) is 3.57. The largest absolute Gasteiger partial charge is 0.492 e. The minimum absolute atomic E-state index is 0.571. The number of hydrogen-bond donors (Lipinski definition) is 1. The van der Waals surface area contributed by atoms with Gasteiger partial charge in [0.15, 0.2) is 0 Å². The van der Waals surface area contributed by atoms with Gasteiger partial charge in [-0.1, -0.05) is 6.08 Å². The molecule has 0 atom stereocenters. The van der Waals surface area contributed by atoms with E-state index in [0.29, 0.717) is 0 Å². The number of aliphatic hydroxyl groups is 1. The predicted molar refractivity (Wildman–Crippen MR) is 67.2 cm³/mol. The van der Waals surface area contributed by atoms with Gasteiger partial charge in [0.2, 0.25) is 0 Å². The second-order valence-electron chi connectivity index (χ2n) is 5.51. The average Bonchev–Trinajstić information content (AvgIpc) is 2.17. The topological polar surface area (TPSA) is 29.5 Å². The summed E-state index contributed by atoms with van der Waals surface area (Å²) < 4.78 is 5.63. The monoisotopic (exact) mass is 224 g/mol. The van der Waals surface area contributed by atoms with E-state index in [0.717, 1.165) is 6.42 Å². The zero-order valence-electron chi connectivity index (χ0n) is 10.9. The molecule has 0 spiro atoms. The van der Waals surface area contributed by atoms with Gasteiger partial charge < -0.3 is 9.84 Å². The van der Waals surface area contributed by atoms with Crippen molar-refractivity contribution in [3.05, 3.63) is 24.0 Å². The highest BCUT2D eigenvalue weighted by Crippen LogP contribution is 2.26. The number of rotatable bonds is 4. The van der Waals surface area contributed by atoms with Crippen LogP contribution in [0.2, 0.25) is 0 Å². The smallest absolute Gasteiger partial charge is 0.130 e. The van der Waals surface area contributed by atoms with Crippen molar-refractivity contribution in [1.82, 2.24) is 0 Å². The van der Waals surface area contributed by atoms with Crippen molar-refractivity contribution in [3.8, 4) is 0 Å². The van der Waals surface area contributed by atoms with E-state index in [9.17, 15) is 5.11 Å². The number of allylic oxidation sites excluding steroid dienone is 3. The normalized spacial score (nSPS) is 18.7. The van der Waals surface area contributed by atoms with Gasteiger partial charge in [-0.2, -0.15) is 0 Å². The molecule has 0 radical (unpaired) electrons. The third kappa shape index (κ3) is 3.67. The first-order valence-electron chi connectivity index (χ1n) is 6.09. The Morgan fingerprint density at radius 1 is 1.25 bits per heavy atom. The fourth-order valence-electron chi connectivity index (χ4n) is 1.45. The summed E-state index contributed by atoms with van der Waals surface area (Å²) in [7, 11) is 0. The van der Waals surface area contributed by atoms with Crippen molar-refractivity contribution in [2.45, 2.75) is 64.6 Å². The molecule has 0 fully saturated rings. The van der Waals surface area contributed by atoms with E-state index >= 15 is 0 Å². The molecule has 2 heteroatoms. The molecule has 1 aliphatic rings. The van der Waals surface area contributed by atoms with Crippen LogP contribution in [0.4, 0.5) is 0 Å². The van der Waals surface area contributed by atoms with Crippen molar-refractivity contribution in [3.63, 3.8) is 0 Å². The van der Waals surface area contributed by atoms with E-state index < -0.39 is 11.2 Å². The Bertz CT molecular complexity index is 280. The maximum Gasteiger partial charge on any atom is 0.130 e. The van der Waals surface area contributed by atoms with Gasteiger partial charge in [-0.05, 0) is 65.0 Å². The Morgan fingerprint density at radius 2 is 1.94 bits per heavy atom. The van der Waals surface area contributed by atoms with Crippen LogP contribution in [0.1, 0.15) is 53.4 Å². The van der Waals surface area contributed by atoms with E-state index in [4.69, 9.17) is 4.74 Å². The lowest BCUT2D eigenvalue weighted by atomic mass is 9.89. The molecule has 1 N–H and O–H groups in total. The number of hydrogen-bond acceptors (Lipinski definition) is 2. The zero-order valence-corrected chi connectivity index (χ0v) is 10.9. The van der Waals surface area contributed by atoms with Crippen LogP contribution in [0.25, 0.3) is 0 Å². The lowest BCUT2D eigenvalue weighted by Crippen LogP contribution is -2.46. The van der Waals surface area contributed by atoms with Gasteiger partial charge in [-0.15, -0.1) is 0 Å². The van der Waals surface area contributed by atoms with Crippen LogP contribution < -0.4 is 0 Å². The van der Waals surface area contributed by atoms with E-state index in [1.807, 2.05) is 19.9 Å². The molecular formula is C14H24O2. The summed E-state index contributed by atoms with van der Waals surface area (Å²) in [5.41, 5.74) is -0.0744. The fraction of sp³-hybridized carbons (Fsp3) is 0.714. The summed E-state index contributed by atoms with van der Waals surface area (Å²) in [5.74, 6) is 0. The van der Waals surface area contributed by atoms with Crippen LogP contribution >= 0.6 is 0 Å². The molecule has 0 aromatic heterocycles. The van der Waals surface area contributed by atoms with Crippen LogP contribution in [0.3, 0.4) is 0 Å². The van der Waals surface area contributed by atoms with E-state index in [1.54, 1.807) is 20.1 Å². The third-order valence-corrected chi connectivity index (χ3v) is 3.44. The summed E-state index contributed by atoms with van der Waals surface area (Å²) in [5, 5.41) is 9.91. The highest BCUT2D eigenvalue weighted by atomic mass is 16.5. The van der Waals surface area contributed by atoms with Crippen molar-refractivity contribution < 1.29 is 9.84 Å². The second-order valence-corrected chi connectivity index (χ2v) is 5.51. The molecule has 0 unspecified atom stereocenters. The Morgan fingerprint density at radius 3 is 2.44 bits per heavy atom. The van der Waals surface area contributed by atoms with Crippen LogP contribution in [0, 0.1) is 0 Å². The molecule has 1 aliphatic carbocycles. The van der Waals surface area contributed by atoms with Crippen molar-refractivity contribution in [1.29, 1.82) is 0 Å². The van der Waals surface area contributed by atoms with E-state index in [2.05, 4.69) is 6.08 Å². The molecule has 0 saturated heterocycles. The molecule has 0 saturated carbocycles. The molecule has 0 aromatic rings. The molecule has 0 aromatic carbocycles. The SMILES string of the molecule is CC(C)(O)C(C)(C)O/C=C/C1=CCCCC1. The minimum Gasteiger partial charge on any atom is -0.492 e. The van der Waals surface area contributed by atoms with Crippen LogP contribution in [-0.4, -0.2) is 16.3 Å². The van der Waals surface area contributed by atoms with Crippen LogP contribution in [-0.2, 0) is 4.74 Å². The summed E-state index contributed by atoms with van der Waals surface area (Å²) >= 11 is 0. The highest BCUT2D eigenvalue weighted by molar-refractivity contribution is 5.19. The Labute approximate surface area is 99.0 Å². The van der Waals surface area contributed by atoms with Gasteiger partial charge in [-0.25, -0.2) is 0 Å². The maximum absolute atomic E-state index is 9.91. The quantitative estimate of drug-likeness (QED) is 0.740. The van der Waals surface area contributed by atoms with Gasteiger partial charge in [-0.3, -0.25) is 0 Å². The molecule has 0 amide bonds. The lowest BCUT2D eigenvalue weighted by Gasteiger charge is -2.36. The number of ether oxygens (including phenoxy) is 1. The van der Waals surface area contributed by atoms with Crippen LogP contribution in [0.5, 0.6) is 0 Å². The molecule has 92 valence electrons. The highest BCUT2D eigenvalue weighted by Gasteiger charge is 2.36. The lowest BCUT2D eigenvalue weighted by molar-refractivity contribution is -0.113. The summed E-state index contributed by atoms with van der Waals surface area (Å²) in [6, 6.07) is 0. The van der Waals surface area contributed by atoms with Gasteiger partial charge in [0.05, 0.1) is 11.9 Å². The molecule has 2 nitrogen and oxygen atoms in total. The fourth-order valence-corrected chi connectivity index (χ4v) is 1.45. The average molecular weight is 224 g/mol. The molecule has 16 heavy (non-hydrogen) atoms.